The number of unbranched alkanes of at least 4 members (excludes halogenated alkanes) is 2. The number of carbonyl (C=O) groups excluding carboxylic acids is 2. The van der Waals surface area contributed by atoms with Crippen LogP contribution in [0.4, 0.5) is 0 Å². The van der Waals surface area contributed by atoms with E-state index in [-0.39, 0.29) is 24.3 Å². The van der Waals surface area contributed by atoms with E-state index in [0.717, 1.165) is 25.7 Å². The van der Waals surface area contributed by atoms with Gasteiger partial charge in [-0.1, -0.05) is 39.8 Å². The summed E-state index contributed by atoms with van der Waals surface area (Å²) in [5, 5.41) is 5.29. The van der Waals surface area contributed by atoms with E-state index in [1.54, 1.807) is 13.8 Å². The highest BCUT2D eigenvalue weighted by molar-refractivity contribution is 5.92. The highest BCUT2D eigenvalue weighted by Crippen LogP contribution is 1.94. The first kappa shape index (κ1) is 25.6. The van der Waals surface area contributed by atoms with Gasteiger partial charge < -0.3 is 20.1 Å². The summed E-state index contributed by atoms with van der Waals surface area (Å²) in [5.74, 6) is -0.344. The number of hydrogen-bond acceptors (Lipinski definition) is 4. The van der Waals surface area contributed by atoms with Gasteiger partial charge in [0.1, 0.15) is 12.5 Å². The van der Waals surface area contributed by atoms with Crippen molar-refractivity contribution in [1.29, 1.82) is 0 Å². The van der Waals surface area contributed by atoms with Crippen molar-refractivity contribution in [3.63, 3.8) is 0 Å². The van der Waals surface area contributed by atoms with Crippen molar-refractivity contribution in [2.45, 2.75) is 72.8 Å². The molecule has 0 bridgehead atoms. The van der Waals surface area contributed by atoms with Crippen LogP contribution in [0.2, 0.25) is 0 Å². The molecule has 25 heavy (non-hydrogen) atoms. The maximum atomic E-state index is 11.1. The quantitative estimate of drug-likeness (QED) is 0.320. The Bertz CT molecular complexity index is 397. The minimum Gasteiger partial charge on any atom is -0.359 e. The Hall–Kier alpha value is -1.66. The van der Waals surface area contributed by atoms with Gasteiger partial charge in [-0.3, -0.25) is 9.59 Å². The standard InChI is InChI=1S/C10H19NO2.C9H17NO2/c1-5-6-7-13-9(4)11-10(12)8(2)3;1-4-6-7-12-8(3)10-9(11)5-2/h9H,2,5-7H2,1,3-4H3,(H,11,12);5,8H,2,4,6-7H2,1,3H3,(H,10,11). The molecule has 0 radical (unpaired) electrons. The second-order valence-corrected chi connectivity index (χ2v) is 5.70. The first-order valence-corrected chi connectivity index (χ1v) is 8.90. The zero-order valence-corrected chi connectivity index (χ0v) is 16.5. The molecule has 6 heteroatoms. The summed E-state index contributed by atoms with van der Waals surface area (Å²) in [7, 11) is 0. The maximum absolute atomic E-state index is 11.1. The van der Waals surface area contributed by atoms with Gasteiger partial charge in [-0.2, -0.15) is 0 Å². The van der Waals surface area contributed by atoms with Crippen LogP contribution in [0.3, 0.4) is 0 Å². The molecular formula is C19H36N2O4. The van der Waals surface area contributed by atoms with Crippen LogP contribution in [0.25, 0.3) is 0 Å². The summed E-state index contributed by atoms with van der Waals surface area (Å²) < 4.78 is 10.6. The lowest BCUT2D eigenvalue weighted by molar-refractivity contribution is -0.121. The van der Waals surface area contributed by atoms with Crippen molar-refractivity contribution in [2.24, 2.45) is 0 Å². The van der Waals surface area contributed by atoms with Crippen LogP contribution in [-0.4, -0.2) is 37.5 Å². The van der Waals surface area contributed by atoms with Gasteiger partial charge in [-0.15, -0.1) is 0 Å². The molecule has 2 amide bonds. The minimum atomic E-state index is -0.226. The molecule has 6 nitrogen and oxygen atoms in total. The zero-order valence-electron chi connectivity index (χ0n) is 16.5. The van der Waals surface area contributed by atoms with Crippen molar-refractivity contribution >= 4 is 11.8 Å². The summed E-state index contributed by atoms with van der Waals surface area (Å²) in [5.41, 5.74) is 0.506. The van der Waals surface area contributed by atoms with Crippen molar-refractivity contribution in [2.75, 3.05) is 13.2 Å². The zero-order chi connectivity index (χ0) is 19.7. The molecule has 0 aliphatic rings. The van der Waals surface area contributed by atoms with Gasteiger partial charge in [-0.25, -0.2) is 0 Å². The first-order valence-electron chi connectivity index (χ1n) is 8.90. The van der Waals surface area contributed by atoms with Crippen LogP contribution < -0.4 is 10.6 Å². The average Bonchev–Trinajstić information content (AvgIpc) is 2.55. The fraction of sp³-hybridized carbons (Fsp3) is 0.684. The fourth-order valence-electron chi connectivity index (χ4n) is 1.46. The van der Waals surface area contributed by atoms with Crippen molar-refractivity contribution < 1.29 is 19.1 Å². The lowest BCUT2D eigenvalue weighted by Crippen LogP contribution is -2.35. The second-order valence-electron chi connectivity index (χ2n) is 5.70. The van der Waals surface area contributed by atoms with Crippen molar-refractivity contribution in [1.82, 2.24) is 10.6 Å². The van der Waals surface area contributed by atoms with Gasteiger partial charge in [0.25, 0.3) is 0 Å². The monoisotopic (exact) mass is 356 g/mol. The third-order valence-corrected chi connectivity index (χ3v) is 2.98. The van der Waals surface area contributed by atoms with Crippen LogP contribution in [0.15, 0.2) is 24.8 Å². The lowest BCUT2D eigenvalue weighted by atomic mass is 10.3. The van der Waals surface area contributed by atoms with Gasteiger partial charge >= 0.3 is 0 Å². The molecule has 0 aromatic carbocycles. The fourth-order valence-corrected chi connectivity index (χ4v) is 1.46. The van der Waals surface area contributed by atoms with Crippen LogP contribution in [-0.2, 0) is 19.1 Å². The molecule has 0 aliphatic heterocycles. The largest absolute Gasteiger partial charge is 0.359 e. The van der Waals surface area contributed by atoms with Gasteiger partial charge in [0.05, 0.1) is 0 Å². The Morgan fingerprint density at radius 3 is 1.80 bits per heavy atom. The highest BCUT2D eigenvalue weighted by atomic mass is 16.5. The number of hydrogen-bond donors (Lipinski definition) is 2. The summed E-state index contributed by atoms with van der Waals surface area (Å²) in [6, 6.07) is 0. The average molecular weight is 357 g/mol. The summed E-state index contributed by atoms with van der Waals surface area (Å²) in [6.07, 6.45) is 5.03. The molecule has 146 valence electrons. The second kappa shape index (κ2) is 17.2. The Morgan fingerprint density at radius 2 is 1.44 bits per heavy atom. The van der Waals surface area contributed by atoms with Crippen LogP contribution in [0.1, 0.15) is 60.3 Å². The van der Waals surface area contributed by atoms with Crippen molar-refractivity contribution in [3.05, 3.63) is 24.8 Å². The van der Waals surface area contributed by atoms with Gasteiger partial charge in [-0.05, 0) is 39.7 Å². The highest BCUT2D eigenvalue weighted by Gasteiger charge is 2.06. The molecule has 2 atom stereocenters. The number of amides is 2. The molecule has 0 fully saturated rings. The molecule has 2 unspecified atom stereocenters. The molecule has 0 spiro atoms. The Balaban J connectivity index is 0. The van der Waals surface area contributed by atoms with E-state index >= 15 is 0 Å². The Morgan fingerprint density at radius 1 is 1.00 bits per heavy atom. The third kappa shape index (κ3) is 18.5. The van der Waals surface area contributed by atoms with Crippen LogP contribution in [0.5, 0.6) is 0 Å². The summed E-state index contributed by atoms with van der Waals surface area (Å²) in [4.78, 5) is 21.8. The molecule has 0 aliphatic carbocycles. The van der Waals surface area contributed by atoms with E-state index in [1.807, 2.05) is 6.92 Å². The van der Waals surface area contributed by atoms with E-state index in [1.165, 1.54) is 6.08 Å². The number of nitrogens with one attached hydrogen (secondary N) is 2. The third-order valence-electron chi connectivity index (χ3n) is 2.98. The molecule has 0 heterocycles. The summed E-state index contributed by atoms with van der Waals surface area (Å²) >= 11 is 0. The Labute approximate surface area is 153 Å². The first-order chi connectivity index (χ1) is 11.8. The molecule has 0 saturated heterocycles. The maximum Gasteiger partial charge on any atom is 0.248 e. The SMILES string of the molecule is C=C(C)C(=O)NC(C)OCCCC.C=CC(=O)NC(C)OCCCC. The number of rotatable bonds is 12. The van der Waals surface area contributed by atoms with Gasteiger partial charge in [0, 0.05) is 18.8 Å². The molecule has 0 aromatic rings. The molecule has 0 saturated carbocycles. The molecule has 2 N–H and O–H groups in total. The number of carbonyl (C=O) groups is 2. The predicted molar refractivity (Wildman–Crippen MR) is 102 cm³/mol. The topological polar surface area (TPSA) is 76.7 Å². The van der Waals surface area contributed by atoms with E-state index in [4.69, 9.17) is 9.47 Å². The summed E-state index contributed by atoms with van der Waals surface area (Å²) in [6.45, 7) is 17.7. The molecule has 0 rings (SSSR count). The minimum absolute atomic E-state index is 0.149. The van der Waals surface area contributed by atoms with E-state index in [9.17, 15) is 9.59 Å². The van der Waals surface area contributed by atoms with Gasteiger partial charge in [0.15, 0.2) is 0 Å². The van der Waals surface area contributed by atoms with Crippen LogP contribution in [0, 0.1) is 0 Å². The van der Waals surface area contributed by atoms with Gasteiger partial charge in [0.2, 0.25) is 11.8 Å². The molecule has 0 aromatic heterocycles. The predicted octanol–water partition coefficient (Wildman–Crippen LogP) is 3.29. The Kier molecular flexibility index (Phi) is 17.6. The van der Waals surface area contributed by atoms with E-state index in [0.29, 0.717) is 18.8 Å². The van der Waals surface area contributed by atoms with E-state index in [2.05, 4.69) is 37.6 Å². The smallest absolute Gasteiger partial charge is 0.248 e. The van der Waals surface area contributed by atoms with E-state index < -0.39 is 0 Å². The normalized spacial score (nSPS) is 12.2. The van der Waals surface area contributed by atoms with Crippen molar-refractivity contribution in [3.8, 4) is 0 Å². The lowest BCUT2D eigenvalue weighted by Gasteiger charge is -2.14. The molecular weight excluding hydrogens is 320 g/mol. The number of ether oxygens (including phenoxy) is 2. The van der Waals surface area contributed by atoms with Crippen LogP contribution >= 0.6 is 0 Å².